The van der Waals surface area contributed by atoms with Gasteiger partial charge in [-0.1, -0.05) is 25.3 Å². The van der Waals surface area contributed by atoms with E-state index in [4.69, 9.17) is 9.47 Å². The zero-order chi connectivity index (χ0) is 16.5. The molecular formula is C18H27NO4. The van der Waals surface area contributed by atoms with E-state index in [0.29, 0.717) is 23.8 Å². The molecule has 0 aliphatic heterocycles. The van der Waals surface area contributed by atoms with Gasteiger partial charge in [0, 0.05) is 18.7 Å². The van der Waals surface area contributed by atoms with Crippen LogP contribution in [0.5, 0.6) is 11.5 Å². The summed E-state index contributed by atoms with van der Waals surface area (Å²) in [6.07, 6.45) is 6.56. The van der Waals surface area contributed by atoms with E-state index in [2.05, 4.69) is 5.32 Å². The summed E-state index contributed by atoms with van der Waals surface area (Å²) in [7, 11) is 1.59. The van der Waals surface area contributed by atoms with Crippen molar-refractivity contribution in [2.45, 2.75) is 44.6 Å². The molecule has 5 heteroatoms. The zero-order valence-electron chi connectivity index (χ0n) is 13.8. The molecule has 128 valence electrons. The minimum Gasteiger partial charge on any atom is -0.497 e. The van der Waals surface area contributed by atoms with E-state index in [-0.39, 0.29) is 25.2 Å². The first-order chi connectivity index (χ1) is 11.2. The lowest BCUT2D eigenvalue weighted by Gasteiger charge is -2.30. The van der Waals surface area contributed by atoms with Crippen LogP contribution in [0.25, 0.3) is 0 Å². The quantitative estimate of drug-likeness (QED) is 0.772. The second-order valence-electron chi connectivity index (χ2n) is 6.05. The maximum absolute atomic E-state index is 12.1. The average Bonchev–Trinajstić information content (AvgIpc) is 2.60. The zero-order valence-corrected chi connectivity index (χ0v) is 13.8. The molecule has 0 unspecified atom stereocenters. The number of methoxy groups -OCH3 is 1. The summed E-state index contributed by atoms with van der Waals surface area (Å²) < 4.78 is 10.7. The molecule has 0 heterocycles. The minimum atomic E-state index is -0.142. The molecule has 0 saturated heterocycles. The number of benzene rings is 1. The molecule has 23 heavy (non-hydrogen) atoms. The topological polar surface area (TPSA) is 67.8 Å². The van der Waals surface area contributed by atoms with E-state index in [1.54, 1.807) is 19.2 Å². The van der Waals surface area contributed by atoms with E-state index in [9.17, 15) is 9.90 Å². The van der Waals surface area contributed by atoms with Crippen molar-refractivity contribution < 1.29 is 19.4 Å². The van der Waals surface area contributed by atoms with Crippen molar-refractivity contribution in [3.63, 3.8) is 0 Å². The van der Waals surface area contributed by atoms with Crippen LogP contribution in [0.15, 0.2) is 24.3 Å². The Morgan fingerprint density at radius 3 is 2.74 bits per heavy atom. The van der Waals surface area contributed by atoms with Crippen molar-refractivity contribution in [1.29, 1.82) is 0 Å². The molecule has 2 rings (SSSR count). The SMILES string of the molecule is COc1cccc(OCC(=O)N[C@@H](CCO)C2CCCCC2)c1. The van der Waals surface area contributed by atoms with E-state index in [0.717, 1.165) is 12.8 Å². The van der Waals surface area contributed by atoms with Crippen LogP contribution in [-0.2, 0) is 4.79 Å². The van der Waals surface area contributed by atoms with Gasteiger partial charge in [-0.25, -0.2) is 0 Å². The average molecular weight is 321 g/mol. The highest BCUT2D eigenvalue weighted by Crippen LogP contribution is 2.27. The summed E-state index contributed by atoms with van der Waals surface area (Å²) in [6.45, 7) is 0.0694. The normalized spacial score (nSPS) is 16.6. The van der Waals surface area contributed by atoms with Crippen molar-refractivity contribution in [2.24, 2.45) is 5.92 Å². The molecule has 1 fully saturated rings. The summed E-state index contributed by atoms with van der Waals surface area (Å²) in [5.74, 6) is 1.63. The maximum atomic E-state index is 12.1. The minimum absolute atomic E-state index is 0.0260. The van der Waals surface area contributed by atoms with Gasteiger partial charge in [0.15, 0.2) is 6.61 Å². The standard InChI is InChI=1S/C18H27NO4/c1-22-15-8-5-9-16(12-15)23-13-18(21)19-17(10-11-20)14-6-3-2-4-7-14/h5,8-9,12,14,17,20H,2-4,6-7,10-11,13H2,1H3,(H,19,21)/t17-/m0/s1. The van der Waals surface area contributed by atoms with Gasteiger partial charge in [0.05, 0.1) is 7.11 Å². The van der Waals surface area contributed by atoms with Crippen molar-refractivity contribution >= 4 is 5.91 Å². The molecule has 1 amide bonds. The Morgan fingerprint density at radius 1 is 1.30 bits per heavy atom. The lowest BCUT2D eigenvalue weighted by molar-refractivity contribution is -0.124. The van der Waals surface area contributed by atoms with E-state index >= 15 is 0 Å². The predicted octanol–water partition coefficient (Wildman–Crippen LogP) is 2.52. The van der Waals surface area contributed by atoms with Gasteiger partial charge >= 0.3 is 0 Å². The summed E-state index contributed by atoms with van der Waals surface area (Å²) in [5.41, 5.74) is 0. The Kier molecular flexibility index (Phi) is 7.20. The number of ether oxygens (including phenoxy) is 2. The van der Waals surface area contributed by atoms with E-state index in [1.807, 2.05) is 12.1 Å². The third kappa shape index (κ3) is 5.75. The van der Waals surface area contributed by atoms with Gasteiger partial charge in [0.1, 0.15) is 11.5 Å². The lowest BCUT2D eigenvalue weighted by atomic mass is 9.83. The Hall–Kier alpha value is -1.75. The lowest BCUT2D eigenvalue weighted by Crippen LogP contribution is -2.43. The first-order valence-electron chi connectivity index (χ1n) is 8.40. The van der Waals surface area contributed by atoms with Crippen LogP contribution in [0.1, 0.15) is 38.5 Å². The molecule has 5 nitrogen and oxygen atoms in total. The van der Waals surface area contributed by atoms with Gasteiger partial charge in [-0.2, -0.15) is 0 Å². The van der Waals surface area contributed by atoms with Crippen LogP contribution in [0.3, 0.4) is 0 Å². The first-order valence-corrected chi connectivity index (χ1v) is 8.40. The van der Waals surface area contributed by atoms with Gasteiger partial charge in [-0.05, 0) is 37.3 Å². The number of carbonyl (C=O) groups excluding carboxylic acids is 1. The monoisotopic (exact) mass is 321 g/mol. The number of aliphatic hydroxyl groups is 1. The second-order valence-corrected chi connectivity index (χ2v) is 6.05. The fourth-order valence-electron chi connectivity index (χ4n) is 3.19. The van der Waals surface area contributed by atoms with E-state index in [1.165, 1.54) is 19.3 Å². The number of carbonyl (C=O) groups is 1. The summed E-state index contributed by atoms with van der Waals surface area (Å²) in [6, 6.07) is 7.24. The summed E-state index contributed by atoms with van der Waals surface area (Å²) in [5, 5.41) is 12.3. The Bertz CT molecular complexity index is 486. The summed E-state index contributed by atoms with van der Waals surface area (Å²) in [4.78, 5) is 12.1. The van der Waals surface area contributed by atoms with Gasteiger partial charge in [0.25, 0.3) is 5.91 Å². The molecule has 0 bridgehead atoms. The summed E-state index contributed by atoms with van der Waals surface area (Å²) >= 11 is 0. The number of hydrogen-bond donors (Lipinski definition) is 2. The molecule has 1 aromatic carbocycles. The van der Waals surface area contributed by atoms with Crippen LogP contribution >= 0.6 is 0 Å². The van der Waals surface area contributed by atoms with Crippen molar-refractivity contribution in [2.75, 3.05) is 20.3 Å². The molecule has 0 aromatic heterocycles. The first kappa shape index (κ1) is 17.6. The number of amides is 1. The van der Waals surface area contributed by atoms with Crippen molar-refractivity contribution in [1.82, 2.24) is 5.32 Å². The highest BCUT2D eigenvalue weighted by Gasteiger charge is 2.24. The smallest absolute Gasteiger partial charge is 0.258 e. The van der Waals surface area contributed by atoms with Crippen LogP contribution in [0.4, 0.5) is 0 Å². The van der Waals surface area contributed by atoms with Crippen molar-refractivity contribution in [3.05, 3.63) is 24.3 Å². The molecule has 2 N–H and O–H groups in total. The fourth-order valence-corrected chi connectivity index (χ4v) is 3.19. The largest absolute Gasteiger partial charge is 0.497 e. The second kappa shape index (κ2) is 9.40. The molecule has 0 spiro atoms. The van der Waals surface area contributed by atoms with Gasteiger partial charge in [0.2, 0.25) is 0 Å². The Balaban J connectivity index is 1.83. The number of hydrogen-bond acceptors (Lipinski definition) is 4. The highest BCUT2D eigenvalue weighted by atomic mass is 16.5. The number of nitrogens with one attached hydrogen (secondary N) is 1. The molecule has 1 aliphatic rings. The molecular weight excluding hydrogens is 294 g/mol. The van der Waals surface area contributed by atoms with Gasteiger partial charge < -0.3 is 19.9 Å². The predicted molar refractivity (Wildman–Crippen MR) is 88.7 cm³/mol. The van der Waals surface area contributed by atoms with Crippen LogP contribution < -0.4 is 14.8 Å². The number of aliphatic hydroxyl groups excluding tert-OH is 1. The molecule has 1 atom stereocenters. The maximum Gasteiger partial charge on any atom is 0.258 e. The Morgan fingerprint density at radius 2 is 2.04 bits per heavy atom. The Labute approximate surface area is 138 Å². The molecule has 1 saturated carbocycles. The fraction of sp³-hybridized carbons (Fsp3) is 0.611. The van der Waals surface area contributed by atoms with Crippen molar-refractivity contribution in [3.8, 4) is 11.5 Å². The number of rotatable bonds is 8. The van der Waals surface area contributed by atoms with E-state index < -0.39 is 0 Å². The molecule has 1 aliphatic carbocycles. The highest BCUT2D eigenvalue weighted by molar-refractivity contribution is 5.77. The van der Waals surface area contributed by atoms with Crippen LogP contribution in [0, 0.1) is 5.92 Å². The van der Waals surface area contributed by atoms with Gasteiger partial charge in [-0.3, -0.25) is 4.79 Å². The van der Waals surface area contributed by atoms with Gasteiger partial charge in [-0.15, -0.1) is 0 Å². The molecule has 1 aromatic rings. The van der Waals surface area contributed by atoms with Crippen LogP contribution in [-0.4, -0.2) is 37.4 Å². The molecule has 0 radical (unpaired) electrons. The third-order valence-electron chi connectivity index (χ3n) is 4.42. The third-order valence-corrected chi connectivity index (χ3v) is 4.42. The van der Waals surface area contributed by atoms with Crippen LogP contribution in [0.2, 0.25) is 0 Å².